The minimum Gasteiger partial charge on any atom is -0.378 e. The SMILES string of the molecule is Cc1ccc(C(=O)N2CCN(c3ccc(NC(=O)c4cccc(F)c4)cc3C(=O)N3CCOCC3)CC2)cc1. The Morgan fingerprint density at radius 3 is 2.15 bits per heavy atom. The number of piperazine rings is 1. The van der Waals surface area contributed by atoms with E-state index in [9.17, 15) is 18.8 Å². The number of hydrogen-bond donors (Lipinski definition) is 1. The van der Waals surface area contributed by atoms with E-state index in [-0.39, 0.29) is 17.4 Å². The molecule has 2 saturated heterocycles. The number of benzene rings is 3. The second-order valence-corrected chi connectivity index (χ2v) is 9.75. The van der Waals surface area contributed by atoms with E-state index in [1.54, 1.807) is 17.0 Å². The molecule has 0 saturated carbocycles. The molecule has 0 aromatic heterocycles. The van der Waals surface area contributed by atoms with Crippen molar-refractivity contribution >= 4 is 29.1 Å². The first kappa shape index (κ1) is 26.4. The number of aryl methyl sites for hydroxylation is 1. The summed E-state index contributed by atoms with van der Waals surface area (Å²) in [5.74, 6) is -1.11. The van der Waals surface area contributed by atoms with E-state index in [2.05, 4.69) is 10.2 Å². The molecule has 0 atom stereocenters. The number of ether oxygens (including phenoxy) is 1. The Hall–Kier alpha value is -4.24. The summed E-state index contributed by atoms with van der Waals surface area (Å²) in [6.07, 6.45) is 0. The van der Waals surface area contributed by atoms with Gasteiger partial charge in [0.2, 0.25) is 0 Å². The third-order valence-electron chi connectivity index (χ3n) is 7.08. The first-order valence-electron chi connectivity index (χ1n) is 13.1. The Morgan fingerprint density at radius 2 is 1.46 bits per heavy atom. The van der Waals surface area contributed by atoms with Gasteiger partial charge >= 0.3 is 0 Å². The first-order chi connectivity index (χ1) is 18.9. The van der Waals surface area contributed by atoms with Crippen LogP contribution >= 0.6 is 0 Å². The normalized spacial score (nSPS) is 15.7. The topological polar surface area (TPSA) is 82.2 Å². The van der Waals surface area contributed by atoms with Gasteiger partial charge in [-0.05, 0) is 55.5 Å². The molecular weight excluding hydrogens is 499 g/mol. The number of anilines is 2. The summed E-state index contributed by atoms with van der Waals surface area (Å²) in [5, 5.41) is 2.79. The Balaban J connectivity index is 1.35. The van der Waals surface area contributed by atoms with Crippen molar-refractivity contribution in [2.75, 3.05) is 62.7 Å². The predicted octanol–water partition coefficient (Wildman–Crippen LogP) is 3.82. The van der Waals surface area contributed by atoms with Crippen LogP contribution in [0.2, 0.25) is 0 Å². The van der Waals surface area contributed by atoms with Gasteiger partial charge in [0.05, 0.1) is 18.8 Å². The minimum absolute atomic E-state index is 0.00493. The third-order valence-corrected chi connectivity index (χ3v) is 7.08. The number of carbonyl (C=O) groups excluding carboxylic acids is 3. The van der Waals surface area contributed by atoms with Crippen molar-refractivity contribution < 1.29 is 23.5 Å². The molecule has 9 heteroatoms. The lowest BCUT2D eigenvalue weighted by Crippen LogP contribution is -2.49. The number of hydrogen-bond acceptors (Lipinski definition) is 5. The maximum atomic E-state index is 13.6. The number of morpholine rings is 1. The van der Waals surface area contributed by atoms with Gasteiger partial charge in [0, 0.05) is 61.8 Å². The zero-order valence-electron chi connectivity index (χ0n) is 21.9. The molecule has 202 valence electrons. The maximum absolute atomic E-state index is 13.6. The summed E-state index contributed by atoms with van der Waals surface area (Å²) in [6.45, 7) is 6.07. The van der Waals surface area contributed by atoms with E-state index in [1.165, 1.54) is 24.3 Å². The minimum atomic E-state index is -0.499. The Morgan fingerprint density at radius 1 is 0.769 bits per heavy atom. The monoisotopic (exact) mass is 530 g/mol. The average molecular weight is 531 g/mol. The van der Waals surface area contributed by atoms with Gasteiger partial charge in [-0.3, -0.25) is 14.4 Å². The number of amides is 3. The Bertz CT molecular complexity index is 1360. The summed E-state index contributed by atoms with van der Waals surface area (Å²) in [4.78, 5) is 45.0. The summed E-state index contributed by atoms with van der Waals surface area (Å²) < 4.78 is 19.0. The molecule has 2 aliphatic rings. The lowest BCUT2D eigenvalue weighted by Gasteiger charge is -2.37. The molecule has 0 unspecified atom stereocenters. The predicted molar refractivity (Wildman–Crippen MR) is 147 cm³/mol. The molecule has 0 bridgehead atoms. The third kappa shape index (κ3) is 6.09. The standard InChI is InChI=1S/C30H31FN4O4/c1-21-5-7-22(8-6-21)29(37)34-13-11-33(12-14-34)27-10-9-25(32-28(36)23-3-2-4-24(31)19-23)20-26(27)30(38)35-15-17-39-18-16-35/h2-10,19-20H,11-18H2,1H3,(H,32,36). The maximum Gasteiger partial charge on any atom is 0.256 e. The van der Waals surface area contributed by atoms with Crippen molar-refractivity contribution in [3.63, 3.8) is 0 Å². The largest absolute Gasteiger partial charge is 0.378 e. The van der Waals surface area contributed by atoms with Crippen LogP contribution in [0, 0.1) is 12.7 Å². The van der Waals surface area contributed by atoms with Crippen LogP contribution in [0.25, 0.3) is 0 Å². The second-order valence-electron chi connectivity index (χ2n) is 9.75. The molecule has 8 nitrogen and oxygen atoms in total. The highest BCUT2D eigenvalue weighted by Crippen LogP contribution is 2.28. The van der Waals surface area contributed by atoms with Crippen LogP contribution in [0.1, 0.15) is 36.6 Å². The smallest absolute Gasteiger partial charge is 0.256 e. The highest BCUT2D eigenvalue weighted by atomic mass is 19.1. The van der Waals surface area contributed by atoms with E-state index in [1.807, 2.05) is 42.2 Å². The van der Waals surface area contributed by atoms with Gasteiger partial charge in [0.25, 0.3) is 17.7 Å². The highest BCUT2D eigenvalue weighted by molar-refractivity contribution is 6.06. The molecule has 0 aliphatic carbocycles. The molecular formula is C30H31FN4O4. The quantitative estimate of drug-likeness (QED) is 0.543. The van der Waals surface area contributed by atoms with Gasteiger partial charge in [0.1, 0.15) is 5.82 Å². The van der Waals surface area contributed by atoms with Crippen LogP contribution in [0.4, 0.5) is 15.8 Å². The molecule has 2 aliphatic heterocycles. The van der Waals surface area contributed by atoms with Gasteiger partial charge in [-0.1, -0.05) is 23.8 Å². The molecule has 2 heterocycles. The van der Waals surface area contributed by atoms with Crippen molar-refractivity contribution in [2.24, 2.45) is 0 Å². The lowest BCUT2D eigenvalue weighted by atomic mass is 10.1. The van der Waals surface area contributed by atoms with E-state index in [4.69, 9.17) is 4.74 Å². The number of rotatable bonds is 5. The summed E-state index contributed by atoms with van der Waals surface area (Å²) in [5.41, 5.74) is 3.61. The highest BCUT2D eigenvalue weighted by Gasteiger charge is 2.28. The van der Waals surface area contributed by atoms with E-state index < -0.39 is 11.7 Å². The molecule has 1 N–H and O–H groups in total. The van der Waals surface area contributed by atoms with Crippen LogP contribution < -0.4 is 10.2 Å². The van der Waals surface area contributed by atoms with Crippen molar-refractivity contribution in [3.05, 3.63) is 94.8 Å². The van der Waals surface area contributed by atoms with Crippen LogP contribution in [0.5, 0.6) is 0 Å². The molecule has 0 radical (unpaired) electrons. The van der Waals surface area contributed by atoms with E-state index >= 15 is 0 Å². The lowest BCUT2D eigenvalue weighted by molar-refractivity contribution is 0.0303. The van der Waals surface area contributed by atoms with E-state index in [0.29, 0.717) is 69.3 Å². The Kier molecular flexibility index (Phi) is 7.88. The van der Waals surface area contributed by atoms with Crippen LogP contribution in [-0.2, 0) is 4.74 Å². The van der Waals surface area contributed by atoms with Crippen molar-refractivity contribution in [1.82, 2.24) is 9.80 Å². The fourth-order valence-electron chi connectivity index (χ4n) is 4.86. The van der Waals surface area contributed by atoms with Crippen LogP contribution in [0.15, 0.2) is 66.7 Å². The van der Waals surface area contributed by atoms with Crippen molar-refractivity contribution in [1.29, 1.82) is 0 Å². The van der Waals surface area contributed by atoms with Gasteiger partial charge in [-0.25, -0.2) is 4.39 Å². The number of nitrogens with one attached hydrogen (secondary N) is 1. The van der Waals surface area contributed by atoms with E-state index in [0.717, 1.165) is 11.3 Å². The van der Waals surface area contributed by atoms with Crippen LogP contribution in [0.3, 0.4) is 0 Å². The second kappa shape index (κ2) is 11.7. The molecule has 2 fully saturated rings. The van der Waals surface area contributed by atoms with Gasteiger partial charge < -0.3 is 24.8 Å². The first-order valence-corrected chi connectivity index (χ1v) is 13.1. The molecule has 0 spiro atoms. The molecule has 3 aromatic carbocycles. The zero-order chi connectivity index (χ0) is 27.4. The molecule has 3 amide bonds. The molecule has 5 rings (SSSR count). The summed E-state index contributed by atoms with van der Waals surface area (Å²) >= 11 is 0. The van der Waals surface area contributed by atoms with Gasteiger partial charge in [-0.15, -0.1) is 0 Å². The van der Waals surface area contributed by atoms with Crippen molar-refractivity contribution in [2.45, 2.75) is 6.92 Å². The number of carbonyl (C=O) groups is 3. The van der Waals surface area contributed by atoms with Gasteiger partial charge in [-0.2, -0.15) is 0 Å². The zero-order valence-corrected chi connectivity index (χ0v) is 21.9. The van der Waals surface area contributed by atoms with Gasteiger partial charge in [0.15, 0.2) is 0 Å². The molecule has 39 heavy (non-hydrogen) atoms. The fourth-order valence-corrected chi connectivity index (χ4v) is 4.86. The molecule has 3 aromatic rings. The fraction of sp³-hybridized carbons (Fsp3) is 0.300. The summed E-state index contributed by atoms with van der Waals surface area (Å²) in [7, 11) is 0. The average Bonchev–Trinajstić information content (AvgIpc) is 2.97. The number of halogens is 1. The number of nitrogens with zero attached hydrogens (tertiary/aromatic N) is 3. The Labute approximate surface area is 227 Å². The summed E-state index contributed by atoms with van der Waals surface area (Å²) in [6, 6.07) is 18.3. The van der Waals surface area contributed by atoms with Crippen LogP contribution in [-0.4, -0.2) is 80.0 Å². The van der Waals surface area contributed by atoms with Crippen molar-refractivity contribution in [3.8, 4) is 0 Å².